The number of rotatable bonds is 8. The molecule has 1 aliphatic heterocycles. The van der Waals surface area contributed by atoms with Crippen LogP contribution in [-0.4, -0.2) is 55.8 Å². The summed E-state index contributed by atoms with van der Waals surface area (Å²) in [5.41, 5.74) is 0. The number of nitrogens with zero attached hydrogens (tertiary/aromatic N) is 1. The minimum Gasteiger partial charge on any atom is -0.466 e. The van der Waals surface area contributed by atoms with Gasteiger partial charge in [-0.25, -0.2) is 0 Å². The number of carbonyl (C=O) groups excluding carboxylic acids is 3. The normalized spacial score (nSPS) is 16.6. The molecule has 1 saturated heterocycles. The molecule has 0 radical (unpaired) electrons. The van der Waals surface area contributed by atoms with Crippen LogP contribution in [0.5, 0.6) is 0 Å². The standard InChI is InChI=1S/C14H24N2O4/c1-2-20-14(19)4-3-7-15-13(18)10-16-8-5-12(11-17)6-9-16/h11-12H,2-10H2,1H3,(H,15,18). The maximum atomic E-state index is 11.7. The Morgan fingerprint density at radius 3 is 2.65 bits per heavy atom. The van der Waals surface area contributed by atoms with Crippen LogP contribution in [0.2, 0.25) is 0 Å². The molecule has 0 spiro atoms. The van der Waals surface area contributed by atoms with Crippen molar-refractivity contribution < 1.29 is 19.1 Å². The van der Waals surface area contributed by atoms with Gasteiger partial charge in [-0.1, -0.05) is 0 Å². The van der Waals surface area contributed by atoms with Crippen molar-refractivity contribution in [3.8, 4) is 0 Å². The van der Waals surface area contributed by atoms with E-state index in [0.717, 1.165) is 32.2 Å². The molecule has 0 bridgehead atoms. The first-order valence-corrected chi connectivity index (χ1v) is 7.25. The number of likely N-dealkylation sites (tertiary alicyclic amines) is 1. The molecule has 114 valence electrons. The van der Waals surface area contributed by atoms with Gasteiger partial charge in [0.05, 0.1) is 13.2 Å². The summed E-state index contributed by atoms with van der Waals surface area (Å²) in [6.07, 6.45) is 3.60. The summed E-state index contributed by atoms with van der Waals surface area (Å²) in [5.74, 6) is -0.102. The van der Waals surface area contributed by atoms with E-state index in [-0.39, 0.29) is 17.8 Å². The molecule has 0 aromatic heterocycles. The van der Waals surface area contributed by atoms with E-state index in [2.05, 4.69) is 10.2 Å². The zero-order valence-electron chi connectivity index (χ0n) is 12.1. The van der Waals surface area contributed by atoms with Crippen LogP contribution in [0.1, 0.15) is 32.6 Å². The molecule has 6 nitrogen and oxygen atoms in total. The number of hydrogen-bond donors (Lipinski definition) is 1. The summed E-state index contributed by atoms with van der Waals surface area (Å²) in [4.78, 5) is 35.5. The van der Waals surface area contributed by atoms with Crippen LogP contribution < -0.4 is 5.32 Å². The highest BCUT2D eigenvalue weighted by Crippen LogP contribution is 2.14. The minimum absolute atomic E-state index is 0.0292. The SMILES string of the molecule is CCOC(=O)CCCNC(=O)CN1CCC(C=O)CC1. The lowest BCUT2D eigenvalue weighted by atomic mass is 9.99. The number of nitrogens with one attached hydrogen (secondary N) is 1. The second-order valence-corrected chi connectivity index (χ2v) is 5.01. The van der Waals surface area contributed by atoms with Gasteiger partial charge in [-0.15, -0.1) is 0 Å². The van der Waals surface area contributed by atoms with Crippen molar-refractivity contribution in [2.45, 2.75) is 32.6 Å². The number of ether oxygens (including phenoxy) is 1. The molecule has 1 aliphatic rings. The lowest BCUT2D eigenvalue weighted by molar-refractivity contribution is -0.143. The first kappa shape index (κ1) is 16.6. The summed E-state index contributed by atoms with van der Waals surface area (Å²) in [6.45, 7) is 4.60. The van der Waals surface area contributed by atoms with Crippen molar-refractivity contribution >= 4 is 18.2 Å². The fourth-order valence-corrected chi connectivity index (χ4v) is 2.20. The van der Waals surface area contributed by atoms with Crippen molar-refractivity contribution in [3.05, 3.63) is 0 Å². The Labute approximate surface area is 119 Å². The highest BCUT2D eigenvalue weighted by atomic mass is 16.5. The third-order valence-electron chi connectivity index (χ3n) is 3.38. The molecular weight excluding hydrogens is 260 g/mol. The van der Waals surface area contributed by atoms with Crippen molar-refractivity contribution in [2.75, 3.05) is 32.8 Å². The Kier molecular flexibility index (Phi) is 7.87. The maximum absolute atomic E-state index is 11.7. The highest BCUT2D eigenvalue weighted by Gasteiger charge is 2.19. The maximum Gasteiger partial charge on any atom is 0.305 e. The zero-order valence-corrected chi connectivity index (χ0v) is 12.1. The van der Waals surface area contributed by atoms with E-state index in [9.17, 15) is 14.4 Å². The third-order valence-corrected chi connectivity index (χ3v) is 3.38. The van der Waals surface area contributed by atoms with Crippen LogP contribution in [-0.2, 0) is 19.1 Å². The lowest BCUT2D eigenvalue weighted by Gasteiger charge is -2.28. The van der Waals surface area contributed by atoms with Gasteiger partial charge in [-0.2, -0.15) is 0 Å². The van der Waals surface area contributed by atoms with Crippen molar-refractivity contribution in [1.82, 2.24) is 10.2 Å². The van der Waals surface area contributed by atoms with E-state index in [0.29, 0.717) is 32.5 Å². The average Bonchev–Trinajstić information content (AvgIpc) is 2.45. The van der Waals surface area contributed by atoms with E-state index in [1.807, 2.05) is 0 Å². The molecular formula is C14H24N2O4. The molecule has 6 heteroatoms. The fourth-order valence-electron chi connectivity index (χ4n) is 2.20. The smallest absolute Gasteiger partial charge is 0.305 e. The fraction of sp³-hybridized carbons (Fsp3) is 0.786. The van der Waals surface area contributed by atoms with Crippen LogP contribution in [0.25, 0.3) is 0 Å². The van der Waals surface area contributed by atoms with Gasteiger partial charge in [-0.05, 0) is 39.3 Å². The topological polar surface area (TPSA) is 75.7 Å². The quantitative estimate of drug-likeness (QED) is 0.395. The molecule has 1 rings (SSSR count). The number of aldehydes is 1. The Morgan fingerprint density at radius 2 is 2.05 bits per heavy atom. The Hall–Kier alpha value is -1.43. The molecule has 1 N–H and O–H groups in total. The lowest BCUT2D eigenvalue weighted by Crippen LogP contribution is -2.42. The summed E-state index contributed by atoms with van der Waals surface area (Å²) in [5, 5.41) is 2.79. The molecule has 0 atom stereocenters. The Balaban J connectivity index is 2.06. The molecule has 1 heterocycles. The van der Waals surface area contributed by atoms with Crippen LogP contribution in [0.3, 0.4) is 0 Å². The molecule has 20 heavy (non-hydrogen) atoms. The molecule has 0 saturated carbocycles. The van der Waals surface area contributed by atoms with E-state index in [1.54, 1.807) is 6.92 Å². The summed E-state index contributed by atoms with van der Waals surface area (Å²) < 4.78 is 4.80. The number of esters is 1. The summed E-state index contributed by atoms with van der Waals surface area (Å²) in [6, 6.07) is 0. The average molecular weight is 284 g/mol. The zero-order chi connectivity index (χ0) is 14.8. The van der Waals surface area contributed by atoms with Gasteiger partial charge in [0.2, 0.25) is 5.91 Å². The number of amides is 1. The Morgan fingerprint density at radius 1 is 1.35 bits per heavy atom. The van der Waals surface area contributed by atoms with Gasteiger partial charge in [0.1, 0.15) is 6.29 Å². The van der Waals surface area contributed by atoms with Gasteiger partial charge in [0.15, 0.2) is 0 Å². The van der Waals surface area contributed by atoms with Gasteiger partial charge in [0, 0.05) is 18.9 Å². The van der Waals surface area contributed by atoms with Crippen molar-refractivity contribution in [1.29, 1.82) is 0 Å². The first-order chi connectivity index (χ1) is 9.65. The molecule has 0 aromatic rings. The predicted octanol–water partition coefficient (Wildman–Crippen LogP) is 0.357. The van der Waals surface area contributed by atoms with E-state index < -0.39 is 0 Å². The van der Waals surface area contributed by atoms with E-state index >= 15 is 0 Å². The molecule has 0 aromatic carbocycles. The number of piperidine rings is 1. The second-order valence-electron chi connectivity index (χ2n) is 5.01. The first-order valence-electron chi connectivity index (χ1n) is 7.25. The highest BCUT2D eigenvalue weighted by molar-refractivity contribution is 5.78. The van der Waals surface area contributed by atoms with Gasteiger partial charge in [-0.3, -0.25) is 14.5 Å². The van der Waals surface area contributed by atoms with Crippen LogP contribution >= 0.6 is 0 Å². The Bertz CT molecular complexity index is 325. The predicted molar refractivity (Wildman–Crippen MR) is 74.1 cm³/mol. The van der Waals surface area contributed by atoms with Crippen molar-refractivity contribution in [2.24, 2.45) is 5.92 Å². The monoisotopic (exact) mass is 284 g/mol. The summed E-state index contributed by atoms with van der Waals surface area (Å²) >= 11 is 0. The second kappa shape index (κ2) is 9.47. The van der Waals surface area contributed by atoms with Crippen LogP contribution in [0.15, 0.2) is 0 Å². The van der Waals surface area contributed by atoms with Gasteiger partial charge >= 0.3 is 5.97 Å². The van der Waals surface area contributed by atoms with Crippen molar-refractivity contribution in [3.63, 3.8) is 0 Å². The summed E-state index contributed by atoms with van der Waals surface area (Å²) in [7, 11) is 0. The van der Waals surface area contributed by atoms with Crippen LogP contribution in [0.4, 0.5) is 0 Å². The minimum atomic E-state index is -0.224. The molecule has 0 unspecified atom stereocenters. The molecule has 1 amide bonds. The van der Waals surface area contributed by atoms with Gasteiger partial charge < -0.3 is 14.8 Å². The molecule has 1 fully saturated rings. The van der Waals surface area contributed by atoms with E-state index in [4.69, 9.17) is 4.74 Å². The number of hydrogen-bond acceptors (Lipinski definition) is 5. The molecule has 0 aliphatic carbocycles. The van der Waals surface area contributed by atoms with Gasteiger partial charge in [0.25, 0.3) is 0 Å². The third kappa shape index (κ3) is 6.65. The van der Waals surface area contributed by atoms with Crippen LogP contribution in [0, 0.1) is 5.92 Å². The van der Waals surface area contributed by atoms with E-state index in [1.165, 1.54) is 0 Å². The largest absolute Gasteiger partial charge is 0.466 e. The number of carbonyl (C=O) groups is 3.